The Morgan fingerprint density at radius 1 is 1.03 bits per heavy atom. The Labute approximate surface area is 181 Å². The first-order valence-electron chi connectivity index (χ1n) is 9.79. The topological polar surface area (TPSA) is 79.9 Å². The van der Waals surface area contributed by atoms with Crippen molar-refractivity contribution in [1.29, 1.82) is 0 Å². The summed E-state index contributed by atoms with van der Waals surface area (Å²) in [5.41, 5.74) is 1.30. The Kier molecular flexibility index (Phi) is 7.54. The van der Waals surface area contributed by atoms with E-state index < -0.39 is 0 Å². The summed E-state index contributed by atoms with van der Waals surface area (Å²) in [5.74, 6) is 0.738. The average Bonchev–Trinajstić information content (AvgIpc) is 2.75. The van der Waals surface area contributed by atoms with Crippen LogP contribution in [-0.4, -0.2) is 50.6 Å². The molecule has 1 aliphatic rings. The summed E-state index contributed by atoms with van der Waals surface area (Å²) in [6.07, 6.45) is 1.42. The van der Waals surface area contributed by atoms with Gasteiger partial charge < -0.3 is 20.1 Å². The number of nitrogens with one attached hydrogen (secondary N) is 2. The minimum absolute atomic E-state index is 0.0308. The van der Waals surface area contributed by atoms with Gasteiger partial charge in [-0.3, -0.25) is 14.5 Å². The van der Waals surface area contributed by atoms with Crippen molar-refractivity contribution in [2.75, 3.05) is 44.5 Å². The van der Waals surface area contributed by atoms with Crippen LogP contribution in [0.4, 0.5) is 11.4 Å². The second-order valence-electron chi connectivity index (χ2n) is 7.14. The van der Waals surface area contributed by atoms with E-state index in [-0.39, 0.29) is 24.3 Å². The minimum Gasteiger partial charge on any atom is -0.495 e. The van der Waals surface area contributed by atoms with Crippen molar-refractivity contribution in [3.8, 4) is 11.5 Å². The fraction of sp³-hybridized carbons (Fsp3) is 0.364. The summed E-state index contributed by atoms with van der Waals surface area (Å²) in [5, 5.41) is 6.21. The molecular formula is C22H26ClN3O4. The molecule has 2 aromatic rings. The molecule has 1 aliphatic heterocycles. The zero-order valence-corrected chi connectivity index (χ0v) is 17.9. The number of piperidine rings is 1. The summed E-state index contributed by atoms with van der Waals surface area (Å²) >= 11 is 6.10. The fourth-order valence-electron chi connectivity index (χ4n) is 3.47. The number of methoxy groups -OCH3 is 2. The number of likely N-dealkylation sites (tertiary alicyclic amines) is 1. The smallest absolute Gasteiger partial charge is 0.238 e. The van der Waals surface area contributed by atoms with E-state index in [0.717, 1.165) is 5.69 Å². The number of carbonyl (C=O) groups is 2. The predicted molar refractivity (Wildman–Crippen MR) is 117 cm³/mol. The molecule has 2 amide bonds. The molecule has 0 aliphatic carbocycles. The van der Waals surface area contributed by atoms with Gasteiger partial charge >= 0.3 is 0 Å². The molecule has 3 rings (SSSR count). The molecule has 0 saturated carbocycles. The van der Waals surface area contributed by atoms with Gasteiger partial charge in [0.2, 0.25) is 11.8 Å². The Hall–Kier alpha value is -2.77. The van der Waals surface area contributed by atoms with Gasteiger partial charge in [-0.1, -0.05) is 29.8 Å². The molecule has 2 aromatic carbocycles. The molecule has 0 aromatic heterocycles. The van der Waals surface area contributed by atoms with Gasteiger partial charge in [-0.2, -0.15) is 0 Å². The van der Waals surface area contributed by atoms with Crippen LogP contribution in [0.15, 0.2) is 42.5 Å². The highest BCUT2D eigenvalue weighted by Crippen LogP contribution is 2.35. The maximum atomic E-state index is 12.5. The molecule has 7 nitrogen and oxygen atoms in total. The van der Waals surface area contributed by atoms with Crippen LogP contribution in [0.2, 0.25) is 5.02 Å². The van der Waals surface area contributed by atoms with Crippen LogP contribution in [0, 0.1) is 5.92 Å². The SMILES string of the molecule is COc1cc(NC(=O)CN2CCC(C(=O)Nc3ccccc3)CC2)c(OC)cc1Cl. The molecule has 8 heteroatoms. The number of hydrogen-bond donors (Lipinski definition) is 2. The molecule has 0 unspecified atom stereocenters. The van der Waals surface area contributed by atoms with Crippen LogP contribution in [0.5, 0.6) is 11.5 Å². The zero-order chi connectivity index (χ0) is 21.5. The average molecular weight is 432 g/mol. The third-order valence-corrected chi connectivity index (χ3v) is 5.41. The summed E-state index contributed by atoms with van der Waals surface area (Å²) in [6.45, 7) is 1.60. The number of para-hydroxylation sites is 1. The van der Waals surface area contributed by atoms with Crippen molar-refractivity contribution in [3.63, 3.8) is 0 Å². The number of anilines is 2. The van der Waals surface area contributed by atoms with Gasteiger partial charge in [-0.05, 0) is 38.1 Å². The normalized spacial score (nSPS) is 14.8. The first-order valence-corrected chi connectivity index (χ1v) is 10.2. The van der Waals surface area contributed by atoms with Crippen LogP contribution >= 0.6 is 11.6 Å². The zero-order valence-electron chi connectivity index (χ0n) is 17.1. The molecule has 1 fully saturated rings. The van der Waals surface area contributed by atoms with E-state index in [2.05, 4.69) is 10.6 Å². The fourth-order valence-corrected chi connectivity index (χ4v) is 3.70. The number of ether oxygens (including phenoxy) is 2. The van der Waals surface area contributed by atoms with E-state index >= 15 is 0 Å². The maximum Gasteiger partial charge on any atom is 0.238 e. The van der Waals surface area contributed by atoms with Crippen molar-refractivity contribution in [3.05, 3.63) is 47.5 Å². The molecule has 1 heterocycles. The van der Waals surface area contributed by atoms with E-state index in [4.69, 9.17) is 21.1 Å². The Morgan fingerprint density at radius 2 is 1.70 bits per heavy atom. The number of rotatable bonds is 7. The highest BCUT2D eigenvalue weighted by molar-refractivity contribution is 6.32. The summed E-state index contributed by atoms with van der Waals surface area (Å²) in [4.78, 5) is 27.0. The highest BCUT2D eigenvalue weighted by atomic mass is 35.5. The molecular weight excluding hydrogens is 406 g/mol. The lowest BCUT2D eigenvalue weighted by Crippen LogP contribution is -2.41. The van der Waals surface area contributed by atoms with Gasteiger partial charge in [0.05, 0.1) is 31.5 Å². The largest absolute Gasteiger partial charge is 0.495 e. The van der Waals surface area contributed by atoms with Crippen LogP contribution in [-0.2, 0) is 9.59 Å². The molecule has 160 valence electrons. The number of nitrogens with zero attached hydrogens (tertiary/aromatic N) is 1. The van der Waals surface area contributed by atoms with Gasteiger partial charge in [-0.25, -0.2) is 0 Å². The van der Waals surface area contributed by atoms with Crippen molar-refractivity contribution in [1.82, 2.24) is 4.90 Å². The molecule has 0 radical (unpaired) electrons. The molecule has 1 saturated heterocycles. The standard InChI is InChI=1S/C22H26ClN3O4/c1-29-19-13-18(20(30-2)12-17(19)23)25-21(27)14-26-10-8-15(9-11-26)22(28)24-16-6-4-3-5-7-16/h3-7,12-13,15H,8-11,14H2,1-2H3,(H,24,28)(H,25,27). The van der Waals surface area contributed by atoms with E-state index in [9.17, 15) is 9.59 Å². The molecule has 0 spiro atoms. The Bertz CT molecular complexity index is 883. The minimum atomic E-state index is -0.162. The lowest BCUT2D eigenvalue weighted by Gasteiger charge is -2.30. The van der Waals surface area contributed by atoms with E-state index in [1.165, 1.54) is 14.2 Å². The van der Waals surface area contributed by atoms with E-state index in [1.807, 2.05) is 35.2 Å². The molecule has 2 N–H and O–H groups in total. The van der Waals surface area contributed by atoms with Gasteiger partial charge in [0.15, 0.2) is 0 Å². The van der Waals surface area contributed by atoms with Gasteiger partial charge in [-0.15, -0.1) is 0 Å². The first-order chi connectivity index (χ1) is 14.5. The molecule has 0 bridgehead atoms. The van der Waals surface area contributed by atoms with E-state index in [1.54, 1.807) is 12.1 Å². The Morgan fingerprint density at radius 3 is 2.33 bits per heavy atom. The highest BCUT2D eigenvalue weighted by Gasteiger charge is 2.26. The van der Waals surface area contributed by atoms with Crippen molar-refractivity contribution in [2.45, 2.75) is 12.8 Å². The third-order valence-electron chi connectivity index (χ3n) is 5.11. The van der Waals surface area contributed by atoms with Crippen LogP contribution in [0.3, 0.4) is 0 Å². The molecule has 0 atom stereocenters. The van der Waals surface area contributed by atoms with Crippen LogP contribution in [0.25, 0.3) is 0 Å². The number of halogens is 1. The quantitative estimate of drug-likeness (QED) is 0.699. The maximum absolute atomic E-state index is 12.5. The van der Waals surface area contributed by atoms with Crippen molar-refractivity contribution >= 4 is 34.8 Å². The van der Waals surface area contributed by atoms with Crippen LogP contribution in [0.1, 0.15) is 12.8 Å². The van der Waals surface area contributed by atoms with Crippen molar-refractivity contribution < 1.29 is 19.1 Å². The van der Waals surface area contributed by atoms with Crippen LogP contribution < -0.4 is 20.1 Å². The van der Waals surface area contributed by atoms with Gasteiger partial charge in [0.1, 0.15) is 11.5 Å². The second kappa shape index (κ2) is 10.3. The van der Waals surface area contributed by atoms with Gasteiger partial charge in [0, 0.05) is 23.7 Å². The Balaban J connectivity index is 1.50. The van der Waals surface area contributed by atoms with Crippen molar-refractivity contribution in [2.24, 2.45) is 5.92 Å². The number of carbonyl (C=O) groups excluding carboxylic acids is 2. The summed E-state index contributed by atoms with van der Waals surface area (Å²) in [7, 11) is 3.02. The third kappa shape index (κ3) is 5.64. The number of amides is 2. The summed E-state index contributed by atoms with van der Waals surface area (Å²) in [6, 6.07) is 12.7. The summed E-state index contributed by atoms with van der Waals surface area (Å²) < 4.78 is 10.5. The first kappa shape index (κ1) is 21.9. The second-order valence-corrected chi connectivity index (χ2v) is 7.55. The number of hydrogen-bond acceptors (Lipinski definition) is 5. The monoisotopic (exact) mass is 431 g/mol. The van der Waals surface area contributed by atoms with E-state index in [0.29, 0.717) is 48.1 Å². The lowest BCUT2D eigenvalue weighted by molar-refractivity contribution is -0.121. The lowest BCUT2D eigenvalue weighted by atomic mass is 9.96. The number of benzene rings is 2. The predicted octanol–water partition coefficient (Wildman–Crippen LogP) is 3.65. The molecule has 30 heavy (non-hydrogen) atoms. The van der Waals surface area contributed by atoms with Gasteiger partial charge in [0.25, 0.3) is 0 Å².